The minimum Gasteiger partial charge on any atom is -0.454 e. The zero-order valence-corrected chi connectivity index (χ0v) is 15.5. The molecule has 2 aromatic rings. The van der Waals surface area contributed by atoms with Crippen LogP contribution in [0.2, 0.25) is 0 Å². The van der Waals surface area contributed by atoms with Gasteiger partial charge in [-0.25, -0.2) is 4.79 Å². The van der Waals surface area contributed by atoms with Crippen LogP contribution in [0.1, 0.15) is 28.4 Å². The number of nitrogens with zero attached hydrogens (tertiary/aromatic N) is 1. The lowest BCUT2D eigenvalue weighted by Gasteiger charge is -2.16. The van der Waals surface area contributed by atoms with Gasteiger partial charge >= 0.3 is 5.97 Å². The minimum atomic E-state index is -1.17. The zero-order chi connectivity index (χ0) is 20.4. The molecule has 0 radical (unpaired) electrons. The Labute approximate surface area is 160 Å². The van der Waals surface area contributed by atoms with Crippen molar-refractivity contribution in [2.75, 3.05) is 12.1 Å². The van der Waals surface area contributed by atoms with Crippen LogP contribution in [0.25, 0.3) is 0 Å². The van der Waals surface area contributed by atoms with Crippen molar-refractivity contribution in [1.82, 2.24) is 0 Å². The molecule has 1 atom stereocenters. The lowest BCUT2D eigenvalue weighted by molar-refractivity contribution is -0.385. The van der Waals surface area contributed by atoms with E-state index in [1.54, 1.807) is 0 Å². The molecule has 1 amide bonds. The number of nitrogens with one attached hydrogen (secondary N) is 1. The first-order chi connectivity index (χ1) is 13.3. The number of hydrogen-bond acceptors (Lipinski definition) is 7. The molecule has 9 heteroatoms. The summed E-state index contributed by atoms with van der Waals surface area (Å²) in [5.74, 6) is -1.18. The second kappa shape index (κ2) is 7.55. The Morgan fingerprint density at radius 3 is 2.39 bits per heavy atom. The molecular formula is C19H18N2O7. The quantitative estimate of drug-likeness (QED) is 0.476. The lowest BCUT2D eigenvalue weighted by atomic mass is 10.1. The second-order valence-corrected chi connectivity index (χ2v) is 6.28. The topological polar surface area (TPSA) is 117 Å². The molecule has 9 nitrogen and oxygen atoms in total. The maximum Gasteiger partial charge on any atom is 0.346 e. The Balaban J connectivity index is 1.77. The fourth-order valence-electron chi connectivity index (χ4n) is 2.76. The SMILES string of the molecule is Cc1cccc(C)c1NC(=O)C(C)OC(=O)c1cc2c(cc1[N+](=O)[O-])OCO2. The van der Waals surface area contributed by atoms with E-state index in [2.05, 4.69) is 5.32 Å². The number of carbonyl (C=O) groups excluding carboxylic acids is 2. The highest BCUT2D eigenvalue weighted by molar-refractivity contribution is 6.00. The van der Waals surface area contributed by atoms with E-state index in [1.807, 2.05) is 32.0 Å². The molecule has 1 N–H and O–H groups in total. The van der Waals surface area contributed by atoms with Gasteiger partial charge in [0.1, 0.15) is 5.56 Å². The number of rotatable bonds is 5. The summed E-state index contributed by atoms with van der Waals surface area (Å²) in [5, 5.41) is 14.0. The summed E-state index contributed by atoms with van der Waals surface area (Å²) in [6.45, 7) is 4.98. The number of anilines is 1. The van der Waals surface area contributed by atoms with Gasteiger partial charge in [0.05, 0.1) is 11.0 Å². The van der Waals surface area contributed by atoms with Gasteiger partial charge < -0.3 is 19.5 Å². The molecule has 1 aliphatic rings. The number of aryl methyl sites for hydroxylation is 2. The van der Waals surface area contributed by atoms with Gasteiger partial charge in [-0.1, -0.05) is 18.2 Å². The molecule has 1 heterocycles. The Morgan fingerprint density at radius 1 is 1.18 bits per heavy atom. The van der Waals surface area contributed by atoms with Crippen molar-refractivity contribution < 1.29 is 28.7 Å². The number of hydrogen-bond donors (Lipinski definition) is 1. The van der Waals surface area contributed by atoms with Crippen molar-refractivity contribution >= 4 is 23.3 Å². The number of esters is 1. The standard InChI is InChI=1S/C19H18N2O7/c1-10-5-4-6-11(2)17(10)20-18(22)12(3)28-19(23)13-7-15-16(27-9-26-15)8-14(13)21(24)25/h4-8,12H,9H2,1-3H3,(H,20,22). The van der Waals surface area contributed by atoms with Crippen LogP contribution >= 0.6 is 0 Å². The first kappa shape index (κ1) is 19.2. The molecule has 1 aliphatic heterocycles. The third-order valence-corrected chi connectivity index (χ3v) is 4.29. The average Bonchev–Trinajstić information content (AvgIpc) is 3.11. The van der Waals surface area contributed by atoms with Crippen molar-refractivity contribution in [3.05, 3.63) is 57.1 Å². The van der Waals surface area contributed by atoms with E-state index < -0.39 is 28.6 Å². The highest BCUT2D eigenvalue weighted by atomic mass is 16.7. The average molecular weight is 386 g/mol. The molecule has 146 valence electrons. The van der Waals surface area contributed by atoms with Crippen molar-refractivity contribution in [2.45, 2.75) is 26.9 Å². The van der Waals surface area contributed by atoms with Gasteiger partial charge in [-0.05, 0) is 31.9 Å². The fourth-order valence-corrected chi connectivity index (χ4v) is 2.76. The van der Waals surface area contributed by atoms with Crippen LogP contribution in [0.4, 0.5) is 11.4 Å². The van der Waals surface area contributed by atoms with E-state index in [-0.39, 0.29) is 23.9 Å². The first-order valence-electron chi connectivity index (χ1n) is 8.44. The Hall–Kier alpha value is -3.62. The van der Waals surface area contributed by atoms with Crippen molar-refractivity contribution in [2.24, 2.45) is 0 Å². The Morgan fingerprint density at radius 2 is 1.79 bits per heavy atom. The smallest absolute Gasteiger partial charge is 0.346 e. The molecule has 2 aromatic carbocycles. The predicted octanol–water partition coefficient (Wildman–Crippen LogP) is 3.12. The molecule has 0 aromatic heterocycles. The van der Waals surface area contributed by atoms with Crippen LogP contribution in [0, 0.1) is 24.0 Å². The van der Waals surface area contributed by atoms with Crippen LogP contribution in [0.5, 0.6) is 11.5 Å². The highest BCUT2D eigenvalue weighted by Gasteiger charge is 2.30. The summed E-state index contributed by atoms with van der Waals surface area (Å²) in [5.41, 5.74) is 1.54. The largest absolute Gasteiger partial charge is 0.454 e. The number of ether oxygens (including phenoxy) is 3. The van der Waals surface area contributed by atoms with Gasteiger partial charge in [0.2, 0.25) is 6.79 Å². The summed E-state index contributed by atoms with van der Waals surface area (Å²) in [7, 11) is 0. The molecule has 0 saturated heterocycles. The number of nitro groups is 1. The first-order valence-corrected chi connectivity index (χ1v) is 8.44. The molecule has 28 heavy (non-hydrogen) atoms. The summed E-state index contributed by atoms with van der Waals surface area (Å²) in [6, 6.07) is 7.83. The summed E-state index contributed by atoms with van der Waals surface area (Å²) < 4.78 is 15.4. The molecule has 0 spiro atoms. The number of nitro benzene ring substituents is 1. The molecule has 0 aliphatic carbocycles. The molecule has 3 rings (SSSR count). The van der Waals surface area contributed by atoms with E-state index in [1.165, 1.54) is 13.0 Å². The maximum absolute atomic E-state index is 12.5. The number of carbonyl (C=O) groups is 2. The van der Waals surface area contributed by atoms with Crippen molar-refractivity contribution in [1.29, 1.82) is 0 Å². The van der Waals surface area contributed by atoms with Gasteiger partial charge in [-0.15, -0.1) is 0 Å². The van der Waals surface area contributed by atoms with Crippen molar-refractivity contribution in [3.63, 3.8) is 0 Å². The van der Waals surface area contributed by atoms with E-state index in [0.717, 1.165) is 17.2 Å². The molecule has 0 bridgehead atoms. The van der Waals surface area contributed by atoms with Crippen LogP contribution in [0.15, 0.2) is 30.3 Å². The van der Waals surface area contributed by atoms with Gasteiger partial charge in [0.15, 0.2) is 17.6 Å². The van der Waals surface area contributed by atoms with Crippen molar-refractivity contribution in [3.8, 4) is 11.5 Å². The van der Waals surface area contributed by atoms with E-state index in [4.69, 9.17) is 14.2 Å². The minimum absolute atomic E-state index is 0.0976. The molecule has 0 fully saturated rings. The van der Waals surface area contributed by atoms with Crippen LogP contribution in [-0.2, 0) is 9.53 Å². The van der Waals surface area contributed by atoms with E-state index >= 15 is 0 Å². The molecule has 1 unspecified atom stereocenters. The van der Waals surface area contributed by atoms with Gasteiger partial charge in [0.25, 0.3) is 11.6 Å². The second-order valence-electron chi connectivity index (χ2n) is 6.28. The number of fused-ring (bicyclic) bond motifs is 1. The Bertz CT molecular complexity index is 951. The van der Waals surface area contributed by atoms with E-state index in [9.17, 15) is 19.7 Å². The summed E-state index contributed by atoms with van der Waals surface area (Å²) >= 11 is 0. The van der Waals surface area contributed by atoms with Crippen LogP contribution in [-0.4, -0.2) is 29.7 Å². The monoisotopic (exact) mass is 386 g/mol. The number of amides is 1. The molecule has 0 saturated carbocycles. The fraction of sp³-hybridized carbons (Fsp3) is 0.263. The normalized spacial score (nSPS) is 13.0. The van der Waals surface area contributed by atoms with Crippen LogP contribution in [0.3, 0.4) is 0 Å². The van der Waals surface area contributed by atoms with Crippen LogP contribution < -0.4 is 14.8 Å². The van der Waals surface area contributed by atoms with E-state index in [0.29, 0.717) is 5.69 Å². The third-order valence-electron chi connectivity index (χ3n) is 4.29. The van der Waals surface area contributed by atoms with Gasteiger partial charge in [-0.2, -0.15) is 0 Å². The number of para-hydroxylation sites is 1. The summed E-state index contributed by atoms with van der Waals surface area (Å²) in [4.78, 5) is 35.5. The third kappa shape index (κ3) is 3.73. The Kier molecular flexibility index (Phi) is 5.16. The maximum atomic E-state index is 12.5. The van der Waals surface area contributed by atoms with Gasteiger partial charge in [-0.3, -0.25) is 14.9 Å². The highest BCUT2D eigenvalue weighted by Crippen LogP contribution is 2.38. The zero-order valence-electron chi connectivity index (χ0n) is 15.5. The van der Waals surface area contributed by atoms with Gasteiger partial charge in [0, 0.05) is 11.8 Å². The molecular weight excluding hydrogens is 368 g/mol. The predicted molar refractivity (Wildman–Crippen MR) is 98.6 cm³/mol. The number of benzene rings is 2. The lowest BCUT2D eigenvalue weighted by Crippen LogP contribution is -2.30. The summed E-state index contributed by atoms with van der Waals surface area (Å²) in [6.07, 6.45) is -1.17.